The number of carbonyl (C=O) groups excluding carboxylic acids is 1. The van der Waals surface area contributed by atoms with Gasteiger partial charge in [-0.15, -0.1) is 10.2 Å². The molecule has 0 fully saturated rings. The van der Waals surface area contributed by atoms with Gasteiger partial charge < -0.3 is 0 Å². The lowest BCUT2D eigenvalue weighted by atomic mass is 9.92. The molecule has 3 heterocycles. The molecule has 6 nitrogen and oxygen atoms in total. The van der Waals surface area contributed by atoms with Crippen LogP contribution in [0.3, 0.4) is 0 Å². The fourth-order valence-electron chi connectivity index (χ4n) is 2.32. The maximum Gasteiger partial charge on any atom is 0.235 e. The number of hydrogen-bond acceptors (Lipinski definition) is 4. The molecule has 1 aliphatic heterocycles. The molecule has 0 aliphatic carbocycles. The molecule has 3 rings (SSSR count). The van der Waals surface area contributed by atoms with Gasteiger partial charge in [0.2, 0.25) is 5.91 Å². The fraction of sp³-hybridized carbons (Fsp3) is 0.333. The first-order chi connectivity index (χ1) is 9.13. The molecule has 1 amide bonds. The second-order valence-corrected chi connectivity index (χ2v) is 4.44. The molecule has 2 radical (unpaired) electrons. The van der Waals surface area contributed by atoms with Crippen molar-refractivity contribution in [1.82, 2.24) is 19.7 Å². The Labute approximate surface area is 111 Å². The third-order valence-corrected chi connectivity index (χ3v) is 3.37. The Bertz CT molecular complexity index is 666. The van der Waals surface area contributed by atoms with E-state index in [1.807, 2.05) is 13.8 Å². The molecular formula is C12H12BN5O. The van der Waals surface area contributed by atoms with Crippen LogP contribution < -0.4 is 10.4 Å². The normalized spacial score (nSPS) is 14.0. The van der Waals surface area contributed by atoms with Gasteiger partial charge in [0.25, 0.3) is 0 Å². The molecule has 2 aromatic heterocycles. The lowest BCUT2D eigenvalue weighted by Gasteiger charge is -2.21. The van der Waals surface area contributed by atoms with E-state index in [2.05, 4.69) is 15.2 Å². The highest BCUT2D eigenvalue weighted by Crippen LogP contribution is 2.28. The fourth-order valence-corrected chi connectivity index (χ4v) is 2.32. The van der Waals surface area contributed by atoms with Crippen LogP contribution in [0, 0.1) is 6.92 Å². The minimum Gasteiger partial charge on any atom is -0.295 e. The summed E-state index contributed by atoms with van der Waals surface area (Å²) in [5.74, 6) is 1.18. The van der Waals surface area contributed by atoms with Gasteiger partial charge in [0.05, 0.1) is 12.1 Å². The molecule has 7 heteroatoms. The van der Waals surface area contributed by atoms with E-state index in [0.29, 0.717) is 23.6 Å². The van der Waals surface area contributed by atoms with E-state index in [1.54, 1.807) is 22.0 Å². The Kier molecular flexibility index (Phi) is 2.62. The van der Waals surface area contributed by atoms with E-state index in [1.165, 1.54) is 0 Å². The lowest BCUT2D eigenvalue weighted by molar-refractivity contribution is -0.118. The van der Waals surface area contributed by atoms with Crippen LogP contribution in [0.2, 0.25) is 0 Å². The topological polar surface area (TPSA) is 63.9 Å². The summed E-state index contributed by atoms with van der Waals surface area (Å²) in [6.07, 6.45) is 3.39. The second-order valence-electron chi connectivity index (χ2n) is 4.44. The number of rotatable bonds is 1. The highest BCUT2D eigenvalue weighted by atomic mass is 16.2. The van der Waals surface area contributed by atoms with Gasteiger partial charge >= 0.3 is 0 Å². The monoisotopic (exact) mass is 253 g/mol. The number of fused-ring (bicyclic) bond motifs is 3. The largest absolute Gasteiger partial charge is 0.295 e. The Morgan fingerprint density at radius 2 is 2.26 bits per heavy atom. The molecule has 0 spiro atoms. The summed E-state index contributed by atoms with van der Waals surface area (Å²) < 4.78 is 1.79. The van der Waals surface area contributed by atoms with Crippen molar-refractivity contribution in [2.75, 3.05) is 11.4 Å². The molecule has 0 bridgehead atoms. The Morgan fingerprint density at radius 3 is 3.00 bits per heavy atom. The smallest absolute Gasteiger partial charge is 0.235 e. The van der Waals surface area contributed by atoms with Crippen molar-refractivity contribution in [3.8, 4) is 5.69 Å². The minimum absolute atomic E-state index is 0.0350. The number of pyridine rings is 1. The Balaban J connectivity index is 2.36. The molecule has 19 heavy (non-hydrogen) atoms. The first-order valence-corrected chi connectivity index (χ1v) is 6.08. The van der Waals surface area contributed by atoms with Gasteiger partial charge in [-0.2, -0.15) is 0 Å². The van der Waals surface area contributed by atoms with E-state index in [4.69, 9.17) is 7.85 Å². The zero-order valence-corrected chi connectivity index (χ0v) is 10.8. The molecule has 0 saturated carbocycles. The molecule has 1 aliphatic rings. The molecule has 0 N–H and O–H groups in total. The highest BCUT2D eigenvalue weighted by molar-refractivity contribution is 6.33. The van der Waals surface area contributed by atoms with Crippen LogP contribution in [0.5, 0.6) is 0 Å². The van der Waals surface area contributed by atoms with Crippen LogP contribution in [-0.4, -0.2) is 40.0 Å². The first kappa shape index (κ1) is 11.9. The average Bonchev–Trinajstić information content (AvgIpc) is 2.78. The first-order valence-electron chi connectivity index (χ1n) is 6.08. The summed E-state index contributed by atoms with van der Waals surface area (Å²) in [6.45, 7) is 4.38. The Morgan fingerprint density at radius 1 is 1.47 bits per heavy atom. The number of likely N-dealkylation sites (N-methyl/N-ethyl adjacent to an activating group) is 1. The second kappa shape index (κ2) is 4.19. The minimum atomic E-state index is -0.0350. The molecule has 0 atom stereocenters. The summed E-state index contributed by atoms with van der Waals surface area (Å²) in [4.78, 5) is 18.2. The van der Waals surface area contributed by atoms with E-state index in [9.17, 15) is 4.79 Å². The molecular weight excluding hydrogens is 241 g/mol. The number of anilines is 1. The number of amides is 1. The quantitative estimate of drug-likeness (QED) is 0.653. The molecule has 94 valence electrons. The molecule has 0 unspecified atom stereocenters. The van der Waals surface area contributed by atoms with Crippen LogP contribution >= 0.6 is 0 Å². The van der Waals surface area contributed by atoms with Gasteiger partial charge in [0.15, 0.2) is 5.82 Å². The maximum absolute atomic E-state index is 12.2. The van der Waals surface area contributed by atoms with Gasteiger partial charge in [-0.05, 0) is 19.4 Å². The highest BCUT2D eigenvalue weighted by Gasteiger charge is 2.28. The van der Waals surface area contributed by atoms with E-state index < -0.39 is 0 Å². The molecule has 0 saturated heterocycles. The van der Waals surface area contributed by atoms with Crippen LogP contribution in [0.25, 0.3) is 5.69 Å². The van der Waals surface area contributed by atoms with Crippen molar-refractivity contribution in [3.05, 3.63) is 23.9 Å². The Hall–Kier alpha value is -2.18. The zero-order chi connectivity index (χ0) is 13.6. The summed E-state index contributed by atoms with van der Waals surface area (Å²) in [6, 6.07) is 0. The summed E-state index contributed by atoms with van der Waals surface area (Å²) in [5, 5.41) is 7.88. The predicted molar refractivity (Wildman–Crippen MR) is 71.0 cm³/mol. The van der Waals surface area contributed by atoms with Crippen LogP contribution in [-0.2, 0) is 11.2 Å². The van der Waals surface area contributed by atoms with Crippen molar-refractivity contribution in [1.29, 1.82) is 0 Å². The van der Waals surface area contributed by atoms with Crippen LogP contribution in [0.15, 0.2) is 12.5 Å². The van der Waals surface area contributed by atoms with Gasteiger partial charge in [-0.3, -0.25) is 14.3 Å². The third-order valence-electron chi connectivity index (χ3n) is 3.37. The lowest BCUT2D eigenvalue weighted by Crippen LogP contribution is -2.32. The van der Waals surface area contributed by atoms with E-state index >= 15 is 0 Å². The summed E-state index contributed by atoms with van der Waals surface area (Å²) in [7, 11) is 5.92. The third kappa shape index (κ3) is 1.65. The maximum atomic E-state index is 12.2. The van der Waals surface area contributed by atoms with Gasteiger partial charge in [0, 0.05) is 12.7 Å². The standard InChI is InChI=1S/C12H12BN5O/c1-3-17-10(19)4-9-16-15-6-18(9)11-7(2)8(13)5-14-12(11)17/h5-6H,3-4H2,1-2H3. The molecule has 0 aromatic carbocycles. The van der Waals surface area contributed by atoms with Crippen LogP contribution in [0.1, 0.15) is 18.3 Å². The van der Waals surface area contributed by atoms with Crippen molar-refractivity contribution in [3.63, 3.8) is 0 Å². The zero-order valence-electron chi connectivity index (χ0n) is 10.8. The van der Waals surface area contributed by atoms with Crippen molar-refractivity contribution in [2.45, 2.75) is 20.3 Å². The van der Waals surface area contributed by atoms with E-state index in [0.717, 1.165) is 11.3 Å². The number of carbonyl (C=O) groups is 1. The van der Waals surface area contributed by atoms with Crippen molar-refractivity contribution in [2.24, 2.45) is 0 Å². The predicted octanol–water partition coefficient (Wildman–Crippen LogP) is -0.326. The average molecular weight is 253 g/mol. The molecule has 2 aromatic rings. The summed E-state index contributed by atoms with van der Waals surface area (Å²) in [5.41, 5.74) is 2.25. The van der Waals surface area contributed by atoms with Gasteiger partial charge in [0.1, 0.15) is 20.0 Å². The van der Waals surface area contributed by atoms with Crippen molar-refractivity contribution >= 4 is 25.0 Å². The SMILES string of the molecule is [B]c1cnc2c(c1C)-n1cnnc1CC(=O)N2CC. The van der Waals surface area contributed by atoms with Crippen molar-refractivity contribution < 1.29 is 4.79 Å². The number of aromatic nitrogens is 4. The van der Waals surface area contributed by atoms with Gasteiger partial charge in [-0.1, -0.05) is 5.46 Å². The van der Waals surface area contributed by atoms with Crippen LogP contribution in [0.4, 0.5) is 5.82 Å². The summed E-state index contributed by atoms with van der Waals surface area (Å²) >= 11 is 0. The van der Waals surface area contributed by atoms with Gasteiger partial charge in [-0.25, -0.2) is 4.98 Å². The number of hydrogen-bond donors (Lipinski definition) is 0. The number of nitrogens with zero attached hydrogens (tertiary/aromatic N) is 5. The van der Waals surface area contributed by atoms with E-state index in [-0.39, 0.29) is 12.3 Å².